The lowest BCUT2D eigenvalue weighted by atomic mass is 10.1. The van der Waals surface area contributed by atoms with E-state index in [1.807, 2.05) is 0 Å². The number of ether oxygens (including phenoxy) is 2. The van der Waals surface area contributed by atoms with Gasteiger partial charge < -0.3 is 24.9 Å². The van der Waals surface area contributed by atoms with Crippen LogP contribution in [0.15, 0.2) is 0 Å². The SMILES string of the molecule is CCOC(=O)N[C@@H](CCOCCCCCC(=N)[N+](=O)[O-])[C@@H]1C[C@@H]1C. The molecule has 0 heterocycles. The molecule has 2 N–H and O–H groups in total. The zero-order chi connectivity index (χ0) is 17.9. The zero-order valence-corrected chi connectivity index (χ0v) is 14.6. The van der Waals surface area contributed by atoms with E-state index in [0.29, 0.717) is 38.1 Å². The lowest BCUT2D eigenvalue weighted by Gasteiger charge is -2.18. The van der Waals surface area contributed by atoms with Crippen molar-refractivity contribution in [3.8, 4) is 0 Å². The quantitative estimate of drug-likeness (QED) is 0.186. The summed E-state index contributed by atoms with van der Waals surface area (Å²) in [4.78, 5) is 21.2. The first kappa shape index (κ1) is 20.3. The number of amides is 1. The minimum atomic E-state index is -0.647. The summed E-state index contributed by atoms with van der Waals surface area (Å²) in [5, 5.41) is 20.3. The van der Waals surface area contributed by atoms with Crippen molar-refractivity contribution in [2.75, 3.05) is 19.8 Å². The average molecular weight is 343 g/mol. The molecule has 0 unspecified atom stereocenters. The minimum Gasteiger partial charge on any atom is -0.450 e. The molecule has 0 radical (unpaired) electrons. The highest BCUT2D eigenvalue weighted by atomic mass is 16.6. The molecular formula is C16H29N3O5. The average Bonchev–Trinajstić information content (AvgIpc) is 3.25. The summed E-state index contributed by atoms with van der Waals surface area (Å²) in [6.07, 6.45) is 3.99. The van der Waals surface area contributed by atoms with Gasteiger partial charge in [0.1, 0.15) is 0 Å². The molecule has 138 valence electrons. The number of rotatable bonds is 12. The van der Waals surface area contributed by atoms with E-state index in [9.17, 15) is 14.9 Å². The second-order valence-corrected chi connectivity index (χ2v) is 6.26. The Labute approximate surface area is 142 Å². The largest absolute Gasteiger partial charge is 0.450 e. The summed E-state index contributed by atoms with van der Waals surface area (Å²) in [6, 6.07) is 0.0969. The second kappa shape index (κ2) is 11.0. The van der Waals surface area contributed by atoms with E-state index in [1.165, 1.54) is 0 Å². The number of nitrogens with one attached hydrogen (secondary N) is 2. The van der Waals surface area contributed by atoms with Crippen molar-refractivity contribution in [3.63, 3.8) is 0 Å². The Hall–Kier alpha value is -1.70. The van der Waals surface area contributed by atoms with Gasteiger partial charge >= 0.3 is 11.9 Å². The Bertz CT molecular complexity index is 430. The molecule has 0 aromatic carbocycles. The van der Waals surface area contributed by atoms with E-state index < -0.39 is 10.8 Å². The molecule has 1 fully saturated rings. The number of nitro groups is 1. The van der Waals surface area contributed by atoms with E-state index in [2.05, 4.69) is 12.2 Å². The molecule has 0 spiro atoms. The van der Waals surface area contributed by atoms with Crippen LogP contribution in [0.25, 0.3) is 0 Å². The van der Waals surface area contributed by atoms with Crippen molar-refractivity contribution >= 4 is 11.9 Å². The number of nitrogens with zero attached hydrogens (tertiary/aromatic N) is 1. The van der Waals surface area contributed by atoms with E-state index in [1.54, 1.807) is 6.92 Å². The van der Waals surface area contributed by atoms with Crippen LogP contribution >= 0.6 is 0 Å². The number of hydrogen-bond acceptors (Lipinski definition) is 6. The van der Waals surface area contributed by atoms with Crippen LogP contribution in [0.3, 0.4) is 0 Å². The fraction of sp³-hybridized carbons (Fsp3) is 0.875. The van der Waals surface area contributed by atoms with Crippen molar-refractivity contribution < 1.29 is 19.2 Å². The van der Waals surface area contributed by atoms with Gasteiger partial charge in [-0.1, -0.05) is 13.3 Å². The zero-order valence-electron chi connectivity index (χ0n) is 14.6. The van der Waals surface area contributed by atoms with Crippen molar-refractivity contribution in [2.24, 2.45) is 11.8 Å². The molecule has 0 aliphatic heterocycles. The number of carbonyl (C=O) groups is 1. The minimum absolute atomic E-state index is 0.0969. The highest BCUT2D eigenvalue weighted by Crippen LogP contribution is 2.41. The van der Waals surface area contributed by atoms with Gasteiger partial charge in [-0.05, 0) is 49.4 Å². The third-order valence-corrected chi connectivity index (χ3v) is 4.26. The van der Waals surface area contributed by atoms with Crippen LogP contribution in [-0.4, -0.2) is 42.7 Å². The Morgan fingerprint density at radius 1 is 1.38 bits per heavy atom. The number of alkyl carbamates (subject to hydrolysis) is 1. The fourth-order valence-corrected chi connectivity index (χ4v) is 2.71. The Morgan fingerprint density at radius 2 is 2.08 bits per heavy atom. The van der Waals surface area contributed by atoms with Gasteiger partial charge in [0.2, 0.25) is 0 Å². The summed E-state index contributed by atoms with van der Waals surface area (Å²) < 4.78 is 10.5. The lowest BCUT2D eigenvalue weighted by molar-refractivity contribution is -0.354. The van der Waals surface area contributed by atoms with Crippen molar-refractivity contribution in [1.29, 1.82) is 5.41 Å². The smallest absolute Gasteiger partial charge is 0.407 e. The van der Waals surface area contributed by atoms with Gasteiger partial charge in [-0.15, -0.1) is 5.41 Å². The van der Waals surface area contributed by atoms with E-state index in [4.69, 9.17) is 14.9 Å². The molecule has 1 aliphatic rings. The Morgan fingerprint density at radius 3 is 2.67 bits per heavy atom. The van der Waals surface area contributed by atoms with E-state index >= 15 is 0 Å². The van der Waals surface area contributed by atoms with E-state index in [-0.39, 0.29) is 18.6 Å². The normalized spacial score (nSPS) is 20.2. The van der Waals surface area contributed by atoms with Gasteiger partial charge in [-0.2, -0.15) is 0 Å². The Balaban J connectivity index is 2.07. The van der Waals surface area contributed by atoms with Crippen LogP contribution < -0.4 is 5.32 Å². The predicted molar refractivity (Wildman–Crippen MR) is 89.8 cm³/mol. The standard InChI is InChI=1S/C16H29N3O5/c1-3-24-16(20)18-14(13-11-12(13)2)8-10-23-9-6-4-5-7-15(17)19(21)22/h12-14,17H,3-11H2,1-2H3,(H,18,20)/t12-,13+,14-/m0/s1. The second-order valence-electron chi connectivity index (χ2n) is 6.26. The number of hydrogen-bond donors (Lipinski definition) is 2. The molecule has 8 nitrogen and oxygen atoms in total. The number of amidine groups is 1. The molecular weight excluding hydrogens is 314 g/mol. The summed E-state index contributed by atoms with van der Waals surface area (Å²) in [5.41, 5.74) is 0. The highest BCUT2D eigenvalue weighted by Gasteiger charge is 2.40. The molecule has 1 aliphatic carbocycles. The summed E-state index contributed by atoms with van der Waals surface area (Å²) in [5.74, 6) is 0.710. The van der Waals surface area contributed by atoms with Gasteiger partial charge in [-0.25, -0.2) is 4.79 Å². The van der Waals surface area contributed by atoms with Crippen molar-refractivity contribution in [1.82, 2.24) is 5.32 Å². The molecule has 3 atom stereocenters. The van der Waals surface area contributed by atoms with Crippen LogP contribution in [0, 0.1) is 27.4 Å². The maximum absolute atomic E-state index is 11.6. The third kappa shape index (κ3) is 8.24. The maximum atomic E-state index is 11.6. The molecule has 8 heteroatoms. The third-order valence-electron chi connectivity index (χ3n) is 4.26. The van der Waals surface area contributed by atoms with Crippen LogP contribution in [0.5, 0.6) is 0 Å². The Kier molecular flexibility index (Phi) is 9.29. The first-order valence-corrected chi connectivity index (χ1v) is 8.68. The lowest BCUT2D eigenvalue weighted by Crippen LogP contribution is -2.38. The topological polar surface area (TPSA) is 115 Å². The van der Waals surface area contributed by atoms with Crippen molar-refractivity contribution in [2.45, 2.75) is 58.4 Å². The van der Waals surface area contributed by atoms with Crippen LogP contribution in [0.4, 0.5) is 4.79 Å². The van der Waals surface area contributed by atoms with Gasteiger partial charge in [0.25, 0.3) is 0 Å². The number of unbranched alkanes of at least 4 members (excludes halogenated alkanes) is 2. The van der Waals surface area contributed by atoms with Gasteiger partial charge in [0, 0.05) is 19.3 Å². The van der Waals surface area contributed by atoms with Crippen LogP contribution in [0.2, 0.25) is 0 Å². The highest BCUT2D eigenvalue weighted by molar-refractivity contribution is 5.70. The first-order valence-electron chi connectivity index (χ1n) is 8.68. The van der Waals surface area contributed by atoms with Crippen LogP contribution in [-0.2, 0) is 9.47 Å². The van der Waals surface area contributed by atoms with Gasteiger partial charge in [0.15, 0.2) is 0 Å². The predicted octanol–water partition coefficient (Wildman–Crippen LogP) is 2.98. The molecule has 0 saturated heterocycles. The molecule has 1 amide bonds. The summed E-state index contributed by atoms with van der Waals surface area (Å²) in [6.45, 7) is 5.49. The molecule has 0 aromatic rings. The fourth-order valence-electron chi connectivity index (χ4n) is 2.71. The maximum Gasteiger partial charge on any atom is 0.407 e. The number of carbonyl (C=O) groups excluding carboxylic acids is 1. The van der Waals surface area contributed by atoms with Gasteiger partial charge in [0.05, 0.1) is 13.0 Å². The van der Waals surface area contributed by atoms with Crippen LogP contribution in [0.1, 0.15) is 52.4 Å². The monoisotopic (exact) mass is 343 g/mol. The summed E-state index contributed by atoms with van der Waals surface area (Å²) >= 11 is 0. The first-order chi connectivity index (χ1) is 11.5. The molecule has 0 aromatic heterocycles. The molecule has 24 heavy (non-hydrogen) atoms. The van der Waals surface area contributed by atoms with E-state index in [0.717, 1.165) is 25.7 Å². The van der Waals surface area contributed by atoms with Gasteiger partial charge in [-0.3, -0.25) is 0 Å². The van der Waals surface area contributed by atoms with Crippen molar-refractivity contribution in [3.05, 3.63) is 10.1 Å². The summed E-state index contributed by atoms with van der Waals surface area (Å²) in [7, 11) is 0. The molecule has 1 saturated carbocycles. The molecule has 1 rings (SSSR count). The molecule has 0 bridgehead atoms.